The van der Waals surface area contributed by atoms with Crippen LogP contribution in [0.2, 0.25) is 5.02 Å². The van der Waals surface area contributed by atoms with Crippen molar-refractivity contribution in [2.24, 2.45) is 0 Å². The lowest BCUT2D eigenvalue weighted by Gasteiger charge is -2.34. The summed E-state index contributed by atoms with van der Waals surface area (Å²) in [4.78, 5) is 33.5. The Morgan fingerprint density at radius 1 is 1.00 bits per heavy atom. The second-order valence-electron chi connectivity index (χ2n) is 8.93. The predicted molar refractivity (Wildman–Crippen MR) is 142 cm³/mol. The van der Waals surface area contributed by atoms with E-state index in [2.05, 4.69) is 0 Å². The van der Waals surface area contributed by atoms with Gasteiger partial charge >= 0.3 is 6.09 Å². The van der Waals surface area contributed by atoms with E-state index in [1.54, 1.807) is 46.2 Å². The van der Waals surface area contributed by atoms with Crippen LogP contribution in [0.25, 0.3) is 22.2 Å². The number of hydrogen-bond donors (Lipinski definition) is 0. The minimum absolute atomic E-state index is 0.148. The van der Waals surface area contributed by atoms with E-state index in [9.17, 15) is 18.0 Å². The van der Waals surface area contributed by atoms with Crippen LogP contribution in [-0.2, 0) is 14.8 Å². The minimum atomic E-state index is -3.54. The van der Waals surface area contributed by atoms with Gasteiger partial charge in [-0.25, -0.2) is 22.5 Å². The van der Waals surface area contributed by atoms with Crippen molar-refractivity contribution in [3.05, 3.63) is 59.1 Å². The maximum atomic E-state index is 13.2. The first-order chi connectivity index (χ1) is 17.6. The number of amides is 2. The van der Waals surface area contributed by atoms with Crippen LogP contribution in [0.1, 0.15) is 23.7 Å². The molecule has 1 aromatic heterocycles. The average Bonchev–Trinajstić information content (AvgIpc) is 2.91. The van der Waals surface area contributed by atoms with Gasteiger partial charge in [0.05, 0.1) is 27.7 Å². The number of sulfonamides is 1. The topological polar surface area (TPSA) is 100 Å². The molecule has 0 radical (unpaired) electrons. The third kappa shape index (κ3) is 5.71. The largest absolute Gasteiger partial charge is 0.449 e. The number of benzene rings is 2. The monoisotopic (exact) mass is 544 g/mol. The zero-order chi connectivity index (χ0) is 26.7. The molecule has 1 fully saturated rings. The molecular weight excluding hydrogens is 516 g/mol. The molecule has 0 atom stereocenters. The molecule has 2 amide bonds. The summed E-state index contributed by atoms with van der Waals surface area (Å²) in [5.41, 5.74) is 2.29. The molecule has 0 N–H and O–H groups in total. The summed E-state index contributed by atoms with van der Waals surface area (Å²) in [6, 6.07) is 13.3. The molecule has 0 saturated carbocycles. The molecule has 0 unspecified atom stereocenters. The summed E-state index contributed by atoms with van der Waals surface area (Å²) in [6.07, 6.45) is 0.411. The normalized spacial score (nSPS) is 14.3. The fourth-order valence-corrected chi connectivity index (χ4v) is 5.20. The maximum absolute atomic E-state index is 13.2. The molecular formula is C26H29ClN4O5S. The molecule has 2 aromatic carbocycles. The van der Waals surface area contributed by atoms with Crippen molar-refractivity contribution in [1.29, 1.82) is 0 Å². The van der Waals surface area contributed by atoms with E-state index in [4.69, 9.17) is 21.3 Å². The fourth-order valence-electron chi connectivity index (χ4n) is 4.03. The van der Waals surface area contributed by atoms with Gasteiger partial charge in [-0.3, -0.25) is 4.79 Å². The Morgan fingerprint density at radius 2 is 1.65 bits per heavy atom. The van der Waals surface area contributed by atoms with E-state index in [0.29, 0.717) is 65.5 Å². The second-order valence-corrected chi connectivity index (χ2v) is 11.5. The van der Waals surface area contributed by atoms with Crippen LogP contribution in [0.15, 0.2) is 53.4 Å². The summed E-state index contributed by atoms with van der Waals surface area (Å²) in [5, 5.41) is 1.18. The number of aromatic nitrogens is 1. The van der Waals surface area contributed by atoms with Crippen molar-refractivity contribution in [1.82, 2.24) is 19.1 Å². The van der Waals surface area contributed by atoms with Crippen molar-refractivity contribution in [2.75, 3.05) is 46.9 Å². The van der Waals surface area contributed by atoms with E-state index < -0.39 is 10.0 Å². The number of rotatable bonds is 6. The lowest BCUT2D eigenvalue weighted by atomic mass is 10.1. The fraction of sp³-hybridized carbons (Fsp3) is 0.346. The average molecular weight is 545 g/mol. The number of halogens is 1. The van der Waals surface area contributed by atoms with Crippen molar-refractivity contribution >= 4 is 44.5 Å². The summed E-state index contributed by atoms with van der Waals surface area (Å²) in [5.74, 6) is -0.148. The van der Waals surface area contributed by atoms with Crippen LogP contribution in [-0.4, -0.2) is 86.4 Å². The number of carbonyl (C=O) groups is 2. The molecule has 37 heavy (non-hydrogen) atoms. The molecule has 3 aromatic rings. The molecule has 0 aliphatic carbocycles. The van der Waals surface area contributed by atoms with Gasteiger partial charge in [-0.1, -0.05) is 36.7 Å². The van der Waals surface area contributed by atoms with Crippen molar-refractivity contribution in [3.8, 4) is 11.3 Å². The van der Waals surface area contributed by atoms with Gasteiger partial charge in [0, 0.05) is 56.8 Å². The van der Waals surface area contributed by atoms with Gasteiger partial charge in [0.25, 0.3) is 5.91 Å². The molecule has 4 rings (SSSR count). The Morgan fingerprint density at radius 3 is 2.27 bits per heavy atom. The Bertz CT molecular complexity index is 1420. The molecule has 11 heteroatoms. The van der Waals surface area contributed by atoms with Gasteiger partial charge < -0.3 is 14.5 Å². The highest BCUT2D eigenvalue weighted by Crippen LogP contribution is 2.30. The lowest BCUT2D eigenvalue weighted by molar-refractivity contribution is 0.0560. The Labute approximate surface area is 221 Å². The molecule has 0 bridgehead atoms. The number of carbonyl (C=O) groups excluding carboxylic acids is 2. The standard InChI is InChI=1S/C26H29ClN4O5S/c1-4-15-36-26(33)31-13-11-30(12-14-31)25(32)19-7-10-21-22(27)17-23(28-24(21)16-19)18-5-8-20(9-6-18)37(34,35)29(2)3/h5-10,16-17H,4,11-15H2,1-3H3. The third-order valence-corrected chi connectivity index (χ3v) is 8.33. The second kappa shape index (κ2) is 11.0. The highest BCUT2D eigenvalue weighted by Gasteiger charge is 2.26. The first-order valence-electron chi connectivity index (χ1n) is 12.0. The van der Waals surface area contributed by atoms with E-state index in [1.165, 1.54) is 26.2 Å². The quantitative estimate of drug-likeness (QED) is 0.463. The van der Waals surface area contributed by atoms with Gasteiger partial charge in [0.2, 0.25) is 10.0 Å². The first-order valence-corrected chi connectivity index (χ1v) is 13.8. The third-order valence-electron chi connectivity index (χ3n) is 6.19. The van der Waals surface area contributed by atoms with Crippen LogP contribution < -0.4 is 0 Å². The predicted octanol–water partition coefficient (Wildman–Crippen LogP) is 4.11. The zero-order valence-corrected chi connectivity index (χ0v) is 22.6. The highest BCUT2D eigenvalue weighted by atomic mass is 35.5. The van der Waals surface area contributed by atoms with E-state index >= 15 is 0 Å². The van der Waals surface area contributed by atoms with Crippen molar-refractivity contribution < 1.29 is 22.7 Å². The number of hydrogen-bond acceptors (Lipinski definition) is 6. The highest BCUT2D eigenvalue weighted by molar-refractivity contribution is 7.89. The number of pyridine rings is 1. The van der Waals surface area contributed by atoms with E-state index in [-0.39, 0.29) is 16.9 Å². The molecule has 1 aliphatic heterocycles. The van der Waals surface area contributed by atoms with Crippen molar-refractivity contribution in [2.45, 2.75) is 18.2 Å². The number of nitrogens with zero attached hydrogens (tertiary/aromatic N) is 4. The zero-order valence-electron chi connectivity index (χ0n) is 21.0. The number of piperazine rings is 1. The molecule has 9 nitrogen and oxygen atoms in total. The maximum Gasteiger partial charge on any atom is 0.409 e. The minimum Gasteiger partial charge on any atom is -0.449 e. The molecule has 1 saturated heterocycles. The van der Waals surface area contributed by atoms with Crippen LogP contribution in [0.5, 0.6) is 0 Å². The van der Waals surface area contributed by atoms with Crippen LogP contribution in [0, 0.1) is 0 Å². The van der Waals surface area contributed by atoms with Gasteiger partial charge in [-0.05, 0) is 36.8 Å². The smallest absolute Gasteiger partial charge is 0.409 e. The van der Waals surface area contributed by atoms with Crippen molar-refractivity contribution in [3.63, 3.8) is 0 Å². The van der Waals surface area contributed by atoms with Gasteiger partial charge in [-0.15, -0.1) is 0 Å². The van der Waals surface area contributed by atoms with E-state index in [1.807, 2.05) is 6.92 Å². The number of fused-ring (bicyclic) bond motifs is 1. The summed E-state index contributed by atoms with van der Waals surface area (Å²) < 4.78 is 31.1. The van der Waals surface area contributed by atoms with Crippen LogP contribution in [0.4, 0.5) is 4.79 Å². The summed E-state index contributed by atoms with van der Waals surface area (Å²) in [6.45, 7) is 3.97. The van der Waals surface area contributed by atoms with Gasteiger partial charge in [0.15, 0.2) is 0 Å². The molecule has 196 valence electrons. The van der Waals surface area contributed by atoms with Crippen LogP contribution >= 0.6 is 11.6 Å². The SMILES string of the molecule is CCCOC(=O)N1CCN(C(=O)c2ccc3c(Cl)cc(-c4ccc(S(=O)(=O)N(C)C)cc4)nc3c2)CC1. The summed E-state index contributed by atoms with van der Waals surface area (Å²) in [7, 11) is -0.580. The molecule has 0 spiro atoms. The Kier molecular flexibility index (Phi) is 8.01. The lowest BCUT2D eigenvalue weighted by Crippen LogP contribution is -2.50. The van der Waals surface area contributed by atoms with Crippen LogP contribution in [0.3, 0.4) is 0 Å². The summed E-state index contributed by atoms with van der Waals surface area (Å²) >= 11 is 6.53. The molecule has 1 aliphatic rings. The van der Waals surface area contributed by atoms with Gasteiger partial charge in [0.1, 0.15) is 0 Å². The van der Waals surface area contributed by atoms with E-state index in [0.717, 1.165) is 10.7 Å². The first kappa shape index (κ1) is 26.8. The molecule has 2 heterocycles. The number of ether oxygens (including phenoxy) is 1. The Balaban J connectivity index is 1.54. The Hall–Kier alpha value is -3.21. The van der Waals surface area contributed by atoms with Gasteiger partial charge in [-0.2, -0.15) is 0 Å².